The van der Waals surface area contributed by atoms with Crippen LogP contribution in [0.25, 0.3) is 0 Å². The molecule has 2 N–H and O–H groups in total. The Hall–Kier alpha value is -2.25. The zero-order valence-electron chi connectivity index (χ0n) is 23.6. The third kappa shape index (κ3) is 7.89. The molecular formula is C31H45O6S-. The fraction of sp³-hybridized carbons (Fsp3) is 0.613. The average Bonchev–Trinajstić information content (AvgIpc) is 2.81. The highest BCUT2D eigenvalue weighted by atomic mass is 32.3. The van der Waals surface area contributed by atoms with Crippen LogP contribution in [0.4, 0.5) is 0 Å². The first-order valence-corrected chi connectivity index (χ1v) is 15.2. The van der Waals surface area contributed by atoms with Gasteiger partial charge in [0, 0.05) is 5.56 Å². The van der Waals surface area contributed by atoms with E-state index in [1.165, 1.54) is 43.2 Å². The van der Waals surface area contributed by atoms with Crippen LogP contribution < -0.4 is 0 Å². The molecule has 0 bridgehead atoms. The number of benzene rings is 1. The summed E-state index contributed by atoms with van der Waals surface area (Å²) in [5.74, 6) is 1.32. The van der Waals surface area contributed by atoms with Crippen LogP contribution in [-0.4, -0.2) is 23.2 Å². The van der Waals surface area contributed by atoms with Crippen LogP contribution in [0.5, 0.6) is 11.5 Å². The van der Waals surface area contributed by atoms with Crippen LogP contribution in [0.3, 0.4) is 0 Å². The Labute approximate surface area is 229 Å². The molecule has 38 heavy (non-hydrogen) atoms. The van der Waals surface area contributed by atoms with E-state index in [0.29, 0.717) is 42.1 Å². The van der Waals surface area contributed by atoms with Crippen molar-refractivity contribution >= 4 is 10.4 Å². The summed E-state index contributed by atoms with van der Waals surface area (Å²) in [5.41, 5.74) is 4.58. The third-order valence-corrected chi connectivity index (χ3v) is 9.52. The van der Waals surface area contributed by atoms with E-state index in [0.717, 1.165) is 36.8 Å². The van der Waals surface area contributed by atoms with Crippen LogP contribution >= 0.6 is 0 Å². The summed E-state index contributed by atoms with van der Waals surface area (Å²) in [6, 6.07) is 4.49. The number of rotatable bonds is 11. The van der Waals surface area contributed by atoms with Gasteiger partial charge < -0.3 is 18.9 Å². The van der Waals surface area contributed by atoms with E-state index >= 15 is 0 Å². The predicted octanol–water partition coefficient (Wildman–Crippen LogP) is 7.70. The van der Waals surface area contributed by atoms with Crippen molar-refractivity contribution < 1.29 is 27.4 Å². The first-order valence-electron chi connectivity index (χ1n) is 13.9. The molecule has 1 aromatic rings. The van der Waals surface area contributed by atoms with E-state index < -0.39 is 10.4 Å². The van der Waals surface area contributed by atoms with Crippen molar-refractivity contribution in [3.63, 3.8) is 0 Å². The van der Waals surface area contributed by atoms with E-state index in [2.05, 4.69) is 38.0 Å². The monoisotopic (exact) mass is 545 g/mol. The lowest BCUT2D eigenvalue weighted by Gasteiger charge is -2.57. The summed E-state index contributed by atoms with van der Waals surface area (Å²) in [4.78, 5) is 0. The third-order valence-electron chi connectivity index (χ3n) is 9.19. The molecule has 0 heterocycles. The van der Waals surface area contributed by atoms with Gasteiger partial charge in [-0.15, -0.1) is 0 Å². The molecule has 7 heteroatoms. The van der Waals surface area contributed by atoms with Gasteiger partial charge in [0.05, 0.1) is 0 Å². The van der Waals surface area contributed by atoms with Gasteiger partial charge in [0.1, 0.15) is 17.8 Å². The number of phenolic OH excluding ortho intramolecular Hbond substituents is 2. The Morgan fingerprint density at radius 2 is 1.89 bits per heavy atom. The molecule has 0 aromatic heterocycles. The molecule has 2 aliphatic rings. The van der Waals surface area contributed by atoms with Gasteiger partial charge in [-0.05, 0) is 118 Å². The number of hydrogen-bond donors (Lipinski definition) is 2. The number of allylic oxidation sites excluding steroid dienone is 5. The Morgan fingerprint density at radius 1 is 1.16 bits per heavy atom. The highest BCUT2D eigenvalue weighted by Crippen LogP contribution is 2.60. The first-order chi connectivity index (χ1) is 17.7. The van der Waals surface area contributed by atoms with Gasteiger partial charge in [0.2, 0.25) is 0 Å². The van der Waals surface area contributed by atoms with E-state index in [1.807, 2.05) is 13.0 Å². The average molecular weight is 546 g/mol. The van der Waals surface area contributed by atoms with Crippen LogP contribution in [0.1, 0.15) is 98.0 Å². The molecule has 0 aliphatic heterocycles. The summed E-state index contributed by atoms with van der Waals surface area (Å²) in [7, 11) is -4.80. The fourth-order valence-electron chi connectivity index (χ4n) is 7.11. The number of fused-ring (bicyclic) bond motifs is 1. The lowest BCUT2D eigenvalue weighted by atomic mass is 9.48. The SMILES string of the molecule is CC1=CC[C@H]2C(C)(C)CCC[C@]2(C)[C@H]1CC/C(=C\OS(=O)(=O)[O-])CCC/C(C)=C/Cc1cc(O)ccc1O. The number of hydrogen-bond acceptors (Lipinski definition) is 6. The smallest absolute Gasteiger partial charge is 0.262 e. The number of aromatic hydroxyl groups is 2. The van der Waals surface area contributed by atoms with Crippen molar-refractivity contribution in [3.8, 4) is 11.5 Å². The van der Waals surface area contributed by atoms with Crippen molar-refractivity contribution in [1.29, 1.82) is 0 Å². The Morgan fingerprint density at radius 3 is 2.61 bits per heavy atom. The highest BCUT2D eigenvalue weighted by molar-refractivity contribution is 7.80. The molecule has 1 saturated carbocycles. The van der Waals surface area contributed by atoms with Crippen LogP contribution in [0.15, 0.2) is 53.3 Å². The van der Waals surface area contributed by atoms with Gasteiger partial charge in [-0.1, -0.05) is 50.5 Å². The van der Waals surface area contributed by atoms with Gasteiger partial charge in [-0.25, -0.2) is 8.42 Å². The largest absolute Gasteiger partial charge is 0.716 e. The molecule has 3 atom stereocenters. The predicted molar refractivity (Wildman–Crippen MR) is 150 cm³/mol. The maximum atomic E-state index is 11.2. The summed E-state index contributed by atoms with van der Waals surface area (Å²) >= 11 is 0. The zero-order valence-corrected chi connectivity index (χ0v) is 24.4. The summed E-state index contributed by atoms with van der Waals surface area (Å²) in [6.45, 7) is 11.5. The van der Waals surface area contributed by atoms with E-state index in [1.54, 1.807) is 6.07 Å². The van der Waals surface area contributed by atoms with Crippen molar-refractivity contribution in [1.82, 2.24) is 0 Å². The minimum absolute atomic E-state index is 0.118. The normalized spacial score (nSPS) is 26.0. The van der Waals surface area contributed by atoms with Gasteiger partial charge in [0.25, 0.3) is 10.4 Å². The summed E-state index contributed by atoms with van der Waals surface area (Å²) in [6.07, 6.45) is 14.7. The van der Waals surface area contributed by atoms with Crippen molar-refractivity contribution in [2.45, 2.75) is 98.8 Å². The molecule has 3 rings (SSSR count). The van der Waals surface area contributed by atoms with E-state index in [9.17, 15) is 23.2 Å². The van der Waals surface area contributed by atoms with Crippen LogP contribution in [0.2, 0.25) is 0 Å². The lowest BCUT2D eigenvalue weighted by Crippen LogP contribution is -2.48. The Balaban J connectivity index is 1.65. The second-order valence-corrected chi connectivity index (χ2v) is 13.4. The molecular weight excluding hydrogens is 500 g/mol. The van der Waals surface area contributed by atoms with Crippen LogP contribution in [-0.2, 0) is 21.0 Å². The Kier molecular flexibility index (Phi) is 9.80. The van der Waals surface area contributed by atoms with Crippen molar-refractivity contribution in [2.75, 3.05) is 0 Å². The molecule has 6 nitrogen and oxygen atoms in total. The zero-order chi connectivity index (χ0) is 28.1. The minimum Gasteiger partial charge on any atom is -0.716 e. The van der Waals surface area contributed by atoms with Crippen molar-refractivity contribution in [3.05, 3.63) is 58.9 Å². The van der Waals surface area contributed by atoms with Crippen molar-refractivity contribution in [2.24, 2.45) is 22.7 Å². The van der Waals surface area contributed by atoms with Gasteiger partial charge in [-0.2, -0.15) is 0 Å². The second kappa shape index (κ2) is 12.3. The van der Waals surface area contributed by atoms with Gasteiger partial charge in [0.15, 0.2) is 0 Å². The summed E-state index contributed by atoms with van der Waals surface area (Å²) in [5, 5.41) is 19.6. The van der Waals surface area contributed by atoms with Crippen LogP contribution in [0, 0.1) is 22.7 Å². The Bertz CT molecular complexity index is 1180. The molecule has 212 valence electrons. The van der Waals surface area contributed by atoms with Gasteiger partial charge >= 0.3 is 0 Å². The molecule has 1 aromatic carbocycles. The minimum atomic E-state index is -4.80. The standard InChI is InChI=1S/C31H46O6S/c1-22(10-13-25-20-26(32)14-16-28(25)33)8-6-9-24(21-37-38(34,35)36)12-15-27-23(2)11-17-29-30(3,4)18-7-19-31(27,29)5/h10-11,14,16,20-21,27,29,32-33H,6-9,12-13,15,17-19H2,1-5H3,(H,34,35,36)/p-1/b22-10+,24-21-/t27-,29-,31+/m0/s1. The molecule has 1 fully saturated rings. The number of phenols is 2. The highest BCUT2D eigenvalue weighted by Gasteiger charge is 2.51. The maximum absolute atomic E-state index is 11.2. The summed E-state index contributed by atoms with van der Waals surface area (Å²) < 4.78 is 38.1. The molecule has 2 aliphatic carbocycles. The van der Waals surface area contributed by atoms with Gasteiger partial charge in [-0.3, -0.25) is 0 Å². The maximum Gasteiger partial charge on any atom is 0.262 e. The lowest BCUT2D eigenvalue weighted by molar-refractivity contribution is -0.0390. The quantitative estimate of drug-likeness (QED) is 0.0970. The fourth-order valence-corrected chi connectivity index (χ4v) is 7.36. The molecule has 0 saturated heterocycles. The molecule has 0 radical (unpaired) electrons. The molecule has 0 amide bonds. The topological polar surface area (TPSA) is 107 Å². The van der Waals surface area contributed by atoms with E-state index in [-0.39, 0.29) is 16.9 Å². The van der Waals surface area contributed by atoms with E-state index in [4.69, 9.17) is 0 Å². The molecule has 0 unspecified atom stereocenters. The second-order valence-electron chi connectivity index (χ2n) is 12.4. The first kappa shape index (κ1) is 30.3. The molecule has 0 spiro atoms.